The molecule has 3 fully saturated rings. The normalized spacial score (nSPS) is 25.5. The highest BCUT2D eigenvalue weighted by atomic mass is 19.4. The molecular formula is C28H30F5N3O4. The monoisotopic (exact) mass is 567 g/mol. The predicted molar refractivity (Wildman–Crippen MR) is 135 cm³/mol. The maximum absolute atomic E-state index is 13.8. The molecule has 3 atom stereocenters. The number of rotatable bonds is 8. The Balaban J connectivity index is 1.17. The Morgan fingerprint density at radius 1 is 1.07 bits per heavy atom. The molecule has 3 aliphatic rings. The molecule has 2 aromatic carbocycles. The minimum absolute atomic E-state index is 0.0209. The number of carbonyl (C=O) groups is 2. The summed E-state index contributed by atoms with van der Waals surface area (Å²) in [5, 5.41) is 15.1. The number of hydrogen-bond donors (Lipinski definition) is 3. The van der Waals surface area contributed by atoms with Gasteiger partial charge in [-0.05, 0) is 80.0 Å². The van der Waals surface area contributed by atoms with Gasteiger partial charge in [0.05, 0.1) is 17.7 Å². The molecule has 12 heteroatoms. The lowest BCUT2D eigenvalue weighted by molar-refractivity contribution is -0.164. The molecule has 1 amide bonds. The van der Waals surface area contributed by atoms with Crippen LogP contribution in [0.5, 0.6) is 0 Å². The zero-order valence-electron chi connectivity index (χ0n) is 21.6. The first-order valence-corrected chi connectivity index (χ1v) is 13.3. The summed E-state index contributed by atoms with van der Waals surface area (Å²) < 4.78 is 72.9. The predicted octanol–water partition coefficient (Wildman–Crippen LogP) is 4.81. The number of halogens is 5. The number of carboxylic acid groups (broad SMARTS) is 1. The third-order valence-electron chi connectivity index (χ3n) is 8.05. The smallest absolute Gasteiger partial charge is 0.416 e. The van der Waals surface area contributed by atoms with Crippen molar-refractivity contribution in [2.75, 3.05) is 25.0 Å². The highest BCUT2D eigenvalue weighted by Gasteiger charge is 2.54. The fourth-order valence-electron chi connectivity index (χ4n) is 5.81. The quantitative estimate of drug-likeness (QED) is 0.397. The Hall–Kier alpha value is -3.25. The third-order valence-corrected chi connectivity index (χ3v) is 8.05. The number of aromatic carboxylic acids is 1. The van der Waals surface area contributed by atoms with Crippen LogP contribution in [0.25, 0.3) is 0 Å². The molecule has 2 aliphatic heterocycles. The van der Waals surface area contributed by atoms with Crippen molar-refractivity contribution in [3.05, 3.63) is 64.7 Å². The zero-order chi connectivity index (χ0) is 28.7. The molecular weight excluding hydrogens is 537 g/mol. The molecule has 3 N–H and O–H groups in total. The number of benzene rings is 2. The number of likely N-dealkylation sites (tertiary alicyclic amines) is 1. The second-order valence-electron chi connectivity index (χ2n) is 10.8. The Kier molecular flexibility index (Phi) is 7.75. The molecule has 0 radical (unpaired) electrons. The van der Waals surface area contributed by atoms with E-state index in [1.54, 1.807) is 0 Å². The van der Waals surface area contributed by atoms with E-state index in [4.69, 9.17) is 9.84 Å². The summed E-state index contributed by atoms with van der Waals surface area (Å²) in [6.07, 6.45) is -1.11. The number of ether oxygens (including phenoxy) is 1. The molecule has 1 aliphatic carbocycles. The van der Waals surface area contributed by atoms with Gasteiger partial charge < -0.3 is 20.5 Å². The van der Waals surface area contributed by atoms with Gasteiger partial charge in [0.25, 0.3) is 5.91 Å². The van der Waals surface area contributed by atoms with Crippen LogP contribution in [0.1, 0.15) is 53.6 Å². The molecule has 7 nitrogen and oxygen atoms in total. The molecule has 2 saturated heterocycles. The van der Waals surface area contributed by atoms with Gasteiger partial charge in [-0.1, -0.05) is 0 Å². The Bertz CT molecular complexity index is 1280. The van der Waals surface area contributed by atoms with E-state index < -0.39 is 46.4 Å². The number of carbonyl (C=O) groups excluding carboxylic acids is 1. The van der Waals surface area contributed by atoms with Crippen LogP contribution in [0.4, 0.5) is 27.6 Å². The van der Waals surface area contributed by atoms with Gasteiger partial charge in [0, 0.05) is 37.4 Å². The first-order chi connectivity index (χ1) is 18.9. The average Bonchev–Trinajstić information content (AvgIpc) is 3.67. The van der Waals surface area contributed by atoms with Gasteiger partial charge in [-0.2, -0.15) is 13.2 Å². The molecule has 2 heterocycles. The van der Waals surface area contributed by atoms with Crippen molar-refractivity contribution in [2.24, 2.45) is 5.92 Å². The number of alkyl halides is 3. The highest BCUT2D eigenvalue weighted by Crippen LogP contribution is 2.47. The van der Waals surface area contributed by atoms with Crippen LogP contribution in [0.2, 0.25) is 0 Å². The van der Waals surface area contributed by atoms with Crippen molar-refractivity contribution in [2.45, 2.75) is 62.5 Å². The highest BCUT2D eigenvalue weighted by molar-refractivity contribution is 5.89. The number of anilines is 1. The van der Waals surface area contributed by atoms with Gasteiger partial charge in [-0.3, -0.25) is 9.69 Å². The summed E-state index contributed by atoms with van der Waals surface area (Å²) in [5.41, 5.74) is -2.02. The van der Waals surface area contributed by atoms with Crippen LogP contribution in [-0.2, 0) is 22.3 Å². The van der Waals surface area contributed by atoms with Crippen LogP contribution in [0.15, 0.2) is 36.4 Å². The van der Waals surface area contributed by atoms with E-state index in [0.29, 0.717) is 37.7 Å². The lowest BCUT2D eigenvalue weighted by atomic mass is 9.86. The summed E-state index contributed by atoms with van der Waals surface area (Å²) >= 11 is 0. The van der Waals surface area contributed by atoms with Crippen molar-refractivity contribution >= 4 is 17.6 Å². The second kappa shape index (κ2) is 11.0. The summed E-state index contributed by atoms with van der Waals surface area (Å²) in [4.78, 5) is 26.8. The fourth-order valence-corrected chi connectivity index (χ4v) is 5.81. The lowest BCUT2D eigenvalue weighted by Crippen LogP contribution is -2.56. The van der Waals surface area contributed by atoms with Gasteiger partial charge in [-0.15, -0.1) is 0 Å². The average molecular weight is 568 g/mol. The zero-order valence-corrected chi connectivity index (χ0v) is 21.6. The minimum Gasteiger partial charge on any atom is -0.478 e. The van der Waals surface area contributed by atoms with Gasteiger partial charge in [0.15, 0.2) is 0 Å². The summed E-state index contributed by atoms with van der Waals surface area (Å²) in [5.74, 6) is -3.51. The molecule has 0 aromatic heterocycles. The van der Waals surface area contributed by atoms with Gasteiger partial charge in [0.1, 0.15) is 17.2 Å². The van der Waals surface area contributed by atoms with E-state index in [1.807, 2.05) is 0 Å². The van der Waals surface area contributed by atoms with Crippen molar-refractivity contribution in [3.63, 3.8) is 0 Å². The Morgan fingerprint density at radius 2 is 1.85 bits per heavy atom. The largest absolute Gasteiger partial charge is 0.478 e. The van der Waals surface area contributed by atoms with Crippen LogP contribution < -0.4 is 10.6 Å². The fraction of sp³-hybridized carbons (Fsp3) is 0.500. The standard InChI is InChI=1S/C28H30F5N3O4/c29-19-10-16(9-18(11-19)28(31,32)33)13-34-26(39)27(17-1-2-17)7-5-22(15-40-27)36-8-6-21(14-36)35-20-3-4-24(30)23(12-20)25(37)38/h3-4,9-12,17,21-22,35H,1-2,5-8,13-15H2,(H,34,39)(H,37,38)/t21?,22-,27+/m1/s1. The minimum atomic E-state index is -4.69. The number of hydrogen-bond acceptors (Lipinski definition) is 5. The van der Waals surface area contributed by atoms with Crippen LogP contribution >= 0.6 is 0 Å². The van der Waals surface area contributed by atoms with Gasteiger partial charge >= 0.3 is 12.1 Å². The van der Waals surface area contributed by atoms with E-state index in [9.17, 15) is 31.5 Å². The van der Waals surface area contributed by atoms with Crippen molar-refractivity contribution < 1.29 is 41.4 Å². The van der Waals surface area contributed by atoms with E-state index in [2.05, 4.69) is 15.5 Å². The Morgan fingerprint density at radius 3 is 2.50 bits per heavy atom. The van der Waals surface area contributed by atoms with E-state index in [-0.39, 0.29) is 30.1 Å². The maximum Gasteiger partial charge on any atom is 0.416 e. The summed E-state index contributed by atoms with van der Waals surface area (Å²) in [6, 6.07) is 6.22. The second-order valence-corrected chi connectivity index (χ2v) is 10.8. The number of nitrogens with zero attached hydrogens (tertiary/aromatic N) is 1. The van der Waals surface area contributed by atoms with E-state index in [0.717, 1.165) is 44.0 Å². The number of nitrogens with one attached hydrogen (secondary N) is 2. The van der Waals surface area contributed by atoms with Crippen LogP contribution in [0.3, 0.4) is 0 Å². The number of carboxylic acids is 1. The summed E-state index contributed by atoms with van der Waals surface area (Å²) in [7, 11) is 0. The first-order valence-electron chi connectivity index (χ1n) is 13.3. The van der Waals surface area contributed by atoms with Crippen molar-refractivity contribution in [3.8, 4) is 0 Å². The molecule has 0 spiro atoms. The number of amides is 1. The Labute approximate surface area is 227 Å². The molecule has 5 rings (SSSR count). The molecule has 1 unspecified atom stereocenters. The van der Waals surface area contributed by atoms with Gasteiger partial charge in [-0.25, -0.2) is 13.6 Å². The molecule has 40 heavy (non-hydrogen) atoms. The SMILES string of the molecule is O=C(O)c1cc(NC2CCN([C@@H]3CC[C@@](C(=O)NCc4cc(F)cc(C(F)(F)F)c4)(C4CC4)OC3)C2)ccc1F. The van der Waals surface area contributed by atoms with E-state index in [1.165, 1.54) is 12.1 Å². The molecule has 216 valence electrons. The molecule has 2 aromatic rings. The van der Waals surface area contributed by atoms with E-state index >= 15 is 0 Å². The molecule has 1 saturated carbocycles. The van der Waals surface area contributed by atoms with Crippen molar-refractivity contribution in [1.29, 1.82) is 0 Å². The third kappa shape index (κ3) is 6.07. The maximum atomic E-state index is 13.8. The molecule has 0 bridgehead atoms. The lowest BCUT2D eigenvalue weighted by Gasteiger charge is -2.42. The van der Waals surface area contributed by atoms with Crippen LogP contribution in [-0.4, -0.2) is 59.3 Å². The van der Waals surface area contributed by atoms with Crippen molar-refractivity contribution in [1.82, 2.24) is 10.2 Å². The topological polar surface area (TPSA) is 90.9 Å². The first kappa shape index (κ1) is 28.3. The summed E-state index contributed by atoms with van der Waals surface area (Å²) in [6.45, 7) is 1.50. The van der Waals surface area contributed by atoms with Gasteiger partial charge in [0.2, 0.25) is 0 Å². The van der Waals surface area contributed by atoms with Crippen LogP contribution in [0, 0.1) is 17.6 Å².